The summed E-state index contributed by atoms with van der Waals surface area (Å²) in [7, 11) is -3.13. The summed E-state index contributed by atoms with van der Waals surface area (Å²) in [4.78, 5) is 15.2. The van der Waals surface area contributed by atoms with Crippen molar-refractivity contribution in [3.05, 3.63) is 76.6 Å². The van der Waals surface area contributed by atoms with Gasteiger partial charge < -0.3 is 9.32 Å². The molecule has 1 saturated heterocycles. The lowest BCUT2D eigenvalue weighted by atomic mass is 10.0. The summed E-state index contributed by atoms with van der Waals surface area (Å²) < 4.78 is 30.2. The van der Waals surface area contributed by atoms with Crippen LogP contribution in [0.25, 0.3) is 17.0 Å². The maximum Gasteiger partial charge on any atom is 0.290 e. The fourth-order valence-electron chi connectivity index (χ4n) is 4.41. The lowest BCUT2D eigenvalue weighted by Crippen LogP contribution is -2.41. The third-order valence-electron chi connectivity index (χ3n) is 5.89. The molecule has 1 atom stereocenters. The van der Waals surface area contributed by atoms with Gasteiger partial charge in [-0.15, -0.1) is 0 Å². The molecule has 1 fully saturated rings. The number of aryl methyl sites for hydroxylation is 3. The number of hydrogen-bond acceptors (Lipinski definition) is 4. The summed E-state index contributed by atoms with van der Waals surface area (Å²) in [6.45, 7) is 6.22. The van der Waals surface area contributed by atoms with Crippen molar-refractivity contribution in [2.45, 2.75) is 33.2 Å². The average molecular weight is 438 g/mol. The van der Waals surface area contributed by atoms with Gasteiger partial charge in [0.2, 0.25) is 0 Å². The molecule has 1 aromatic heterocycles. The third-order valence-corrected chi connectivity index (χ3v) is 7.64. The van der Waals surface area contributed by atoms with Gasteiger partial charge in [-0.1, -0.05) is 48.6 Å². The fourth-order valence-corrected chi connectivity index (χ4v) is 6.14. The zero-order valence-electron chi connectivity index (χ0n) is 18.1. The second kappa shape index (κ2) is 8.35. The molecular weight excluding hydrogens is 410 g/mol. The predicted molar refractivity (Wildman–Crippen MR) is 124 cm³/mol. The van der Waals surface area contributed by atoms with E-state index >= 15 is 0 Å². The van der Waals surface area contributed by atoms with Gasteiger partial charge in [-0.25, -0.2) is 8.42 Å². The van der Waals surface area contributed by atoms with Crippen LogP contribution in [-0.2, 0) is 9.84 Å². The van der Waals surface area contributed by atoms with Crippen LogP contribution < -0.4 is 0 Å². The first-order valence-corrected chi connectivity index (χ1v) is 12.3. The Morgan fingerprint density at radius 2 is 1.90 bits per heavy atom. The second-order valence-electron chi connectivity index (χ2n) is 8.34. The van der Waals surface area contributed by atoms with Crippen molar-refractivity contribution in [3.63, 3.8) is 0 Å². The SMILES string of the molecule is Cc1cc(C)c2c(C)c(C(=O)N(C/C=C/c3ccccc3)C3CCS(=O)(=O)C3)oc2c1. The Hall–Kier alpha value is -2.86. The highest BCUT2D eigenvalue weighted by atomic mass is 32.2. The van der Waals surface area contributed by atoms with E-state index in [0.717, 1.165) is 27.6 Å². The Bertz CT molecular complexity index is 1260. The Balaban J connectivity index is 1.68. The average Bonchev–Trinajstić information content (AvgIpc) is 3.24. The van der Waals surface area contributed by atoms with Gasteiger partial charge >= 0.3 is 0 Å². The minimum atomic E-state index is -3.13. The summed E-state index contributed by atoms with van der Waals surface area (Å²) in [5.74, 6) is 0.142. The predicted octanol–water partition coefficient (Wildman–Crippen LogP) is 4.70. The summed E-state index contributed by atoms with van der Waals surface area (Å²) in [5.41, 5.74) is 4.66. The molecule has 0 radical (unpaired) electrons. The standard InChI is InChI=1S/C25H27NO4S/c1-17-14-18(2)23-19(3)24(30-22(23)15-17)25(27)26(21-11-13-31(28,29)16-21)12-7-10-20-8-5-4-6-9-20/h4-10,14-15,21H,11-13,16H2,1-3H3/b10-7+. The van der Waals surface area contributed by atoms with Crippen LogP contribution in [0.3, 0.4) is 0 Å². The van der Waals surface area contributed by atoms with E-state index in [-0.39, 0.29) is 23.5 Å². The molecule has 0 saturated carbocycles. The van der Waals surface area contributed by atoms with Crippen molar-refractivity contribution in [2.75, 3.05) is 18.1 Å². The van der Waals surface area contributed by atoms with E-state index in [0.29, 0.717) is 24.3 Å². The van der Waals surface area contributed by atoms with E-state index in [1.807, 2.05) is 69.3 Å². The van der Waals surface area contributed by atoms with Crippen LogP contribution in [-0.4, -0.2) is 43.3 Å². The molecule has 3 aromatic rings. The highest BCUT2D eigenvalue weighted by molar-refractivity contribution is 7.91. The minimum Gasteiger partial charge on any atom is -0.451 e. The van der Waals surface area contributed by atoms with Crippen molar-refractivity contribution < 1.29 is 17.6 Å². The summed E-state index contributed by atoms with van der Waals surface area (Å²) in [6, 6.07) is 13.5. The summed E-state index contributed by atoms with van der Waals surface area (Å²) in [5, 5.41) is 0.952. The number of rotatable bonds is 5. The molecule has 5 nitrogen and oxygen atoms in total. The van der Waals surface area contributed by atoms with Gasteiger partial charge in [0.05, 0.1) is 11.5 Å². The third kappa shape index (κ3) is 4.44. The number of hydrogen-bond donors (Lipinski definition) is 0. The highest BCUT2D eigenvalue weighted by Crippen LogP contribution is 2.31. The maximum atomic E-state index is 13.6. The van der Waals surface area contributed by atoms with Crippen LogP contribution in [0.1, 0.15) is 39.2 Å². The van der Waals surface area contributed by atoms with E-state index in [1.165, 1.54) is 0 Å². The highest BCUT2D eigenvalue weighted by Gasteiger charge is 2.36. The van der Waals surface area contributed by atoms with Gasteiger partial charge in [-0.2, -0.15) is 0 Å². The Morgan fingerprint density at radius 1 is 1.16 bits per heavy atom. The van der Waals surface area contributed by atoms with E-state index in [9.17, 15) is 13.2 Å². The van der Waals surface area contributed by atoms with Gasteiger partial charge in [0, 0.05) is 23.5 Å². The number of carbonyl (C=O) groups is 1. The van der Waals surface area contributed by atoms with E-state index < -0.39 is 9.84 Å². The van der Waals surface area contributed by atoms with E-state index in [4.69, 9.17) is 4.42 Å². The zero-order chi connectivity index (χ0) is 22.2. The molecule has 0 bridgehead atoms. The van der Waals surface area contributed by atoms with Gasteiger partial charge in [0.25, 0.3) is 5.91 Å². The maximum absolute atomic E-state index is 13.6. The molecule has 1 amide bonds. The summed E-state index contributed by atoms with van der Waals surface area (Å²) >= 11 is 0. The quantitative estimate of drug-likeness (QED) is 0.580. The van der Waals surface area contributed by atoms with Gasteiger partial charge in [0.15, 0.2) is 15.6 Å². The molecule has 2 aromatic carbocycles. The molecule has 1 aliphatic rings. The molecule has 162 valence electrons. The molecule has 4 rings (SSSR count). The topological polar surface area (TPSA) is 67.6 Å². The van der Waals surface area contributed by atoms with Crippen LogP contribution in [0, 0.1) is 20.8 Å². The van der Waals surface area contributed by atoms with Gasteiger partial charge in [-0.3, -0.25) is 4.79 Å². The van der Waals surface area contributed by atoms with Crippen LogP contribution in [0.5, 0.6) is 0 Å². The zero-order valence-corrected chi connectivity index (χ0v) is 18.9. The summed E-state index contributed by atoms with van der Waals surface area (Å²) in [6.07, 6.45) is 4.30. The first-order valence-electron chi connectivity index (χ1n) is 10.5. The molecule has 0 spiro atoms. The smallest absolute Gasteiger partial charge is 0.290 e. The molecule has 1 unspecified atom stereocenters. The van der Waals surface area contributed by atoms with Crippen LogP contribution in [0.15, 0.2) is 53.0 Å². The lowest BCUT2D eigenvalue weighted by molar-refractivity contribution is 0.0689. The van der Waals surface area contributed by atoms with Crippen molar-refractivity contribution in [1.29, 1.82) is 0 Å². The normalized spacial score (nSPS) is 18.1. The van der Waals surface area contributed by atoms with Crippen LogP contribution >= 0.6 is 0 Å². The second-order valence-corrected chi connectivity index (χ2v) is 10.6. The van der Waals surface area contributed by atoms with Gasteiger partial charge in [0.1, 0.15) is 5.58 Å². The van der Waals surface area contributed by atoms with E-state index in [2.05, 4.69) is 6.07 Å². The van der Waals surface area contributed by atoms with E-state index in [1.54, 1.807) is 4.90 Å². The first-order chi connectivity index (χ1) is 14.7. The lowest BCUT2D eigenvalue weighted by Gasteiger charge is -2.26. The number of benzene rings is 2. The van der Waals surface area contributed by atoms with Crippen molar-refractivity contribution in [1.82, 2.24) is 4.90 Å². The first kappa shape index (κ1) is 21.4. The number of furan rings is 1. The van der Waals surface area contributed by atoms with Gasteiger partial charge in [-0.05, 0) is 49.9 Å². The number of sulfone groups is 1. The molecule has 6 heteroatoms. The van der Waals surface area contributed by atoms with Crippen LogP contribution in [0.2, 0.25) is 0 Å². The Morgan fingerprint density at radius 3 is 2.58 bits per heavy atom. The molecule has 0 aliphatic carbocycles. The van der Waals surface area contributed by atoms with Crippen molar-refractivity contribution in [2.24, 2.45) is 0 Å². The molecule has 1 aliphatic heterocycles. The van der Waals surface area contributed by atoms with Crippen LogP contribution in [0.4, 0.5) is 0 Å². The Kier molecular flexibility index (Phi) is 5.75. The number of carbonyl (C=O) groups excluding carboxylic acids is 1. The largest absolute Gasteiger partial charge is 0.451 e. The van der Waals surface area contributed by atoms with Crippen molar-refractivity contribution >= 4 is 32.8 Å². The fraction of sp³-hybridized carbons (Fsp3) is 0.320. The molecule has 2 heterocycles. The monoisotopic (exact) mass is 437 g/mol. The number of fused-ring (bicyclic) bond motifs is 1. The number of nitrogens with zero attached hydrogens (tertiary/aromatic N) is 1. The molecule has 31 heavy (non-hydrogen) atoms. The minimum absolute atomic E-state index is 0.00463. The molecular formula is C25H27NO4S. The van der Waals surface area contributed by atoms with Crippen molar-refractivity contribution in [3.8, 4) is 0 Å². The molecule has 0 N–H and O–H groups in total. The number of amides is 1. The Labute approximate surface area is 183 Å².